The summed E-state index contributed by atoms with van der Waals surface area (Å²) >= 11 is 0. The molecule has 2 aromatic heterocycles. The minimum absolute atomic E-state index is 0.294. The predicted molar refractivity (Wildman–Crippen MR) is 77.7 cm³/mol. The van der Waals surface area contributed by atoms with E-state index in [1.54, 1.807) is 22.7 Å². The number of sulfone groups is 1. The van der Waals surface area contributed by atoms with Crippen molar-refractivity contribution in [2.75, 3.05) is 5.73 Å². The molecule has 21 heavy (non-hydrogen) atoms. The van der Waals surface area contributed by atoms with Gasteiger partial charge in [-0.2, -0.15) is 0 Å². The normalized spacial score (nSPS) is 15.4. The maximum Gasteiger partial charge on any atom is 0.207 e. The van der Waals surface area contributed by atoms with Crippen molar-refractivity contribution in [3.05, 3.63) is 41.2 Å². The van der Waals surface area contributed by atoms with Crippen molar-refractivity contribution in [2.45, 2.75) is 0 Å². The number of nitrogens with two attached hydrogens (primary N) is 1. The minimum Gasteiger partial charge on any atom is -0.369 e. The molecule has 0 unspecified atom stereocenters. The number of hydrogen-bond acceptors (Lipinski definition) is 6. The van der Waals surface area contributed by atoms with Crippen LogP contribution in [0.25, 0.3) is 27.6 Å². The van der Waals surface area contributed by atoms with E-state index >= 15 is 0 Å². The third kappa shape index (κ3) is 1.80. The van der Waals surface area contributed by atoms with Crippen molar-refractivity contribution in [2.24, 2.45) is 0 Å². The van der Waals surface area contributed by atoms with E-state index in [0.717, 1.165) is 11.1 Å². The fraction of sp³-hybridized carbons (Fsp3) is 0. The summed E-state index contributed by atoms with van der Waals surface area (Å²) in [6.45, 7) is 0. The standard InChI is InChI=1S/C13H9N5O2S/c14-13-15-4-11(12-17-16-7-18(12)13)8-1-2-9-5-21(19,20)6-10(9)3-8/h1-7H,(H2,14,15). The summed E-state index contributed by atoms with van der Waals surface area (Å²) in [5.41, 5.74) is 7.88. The van der Waals surface area contributed by atoms with E-state index in [4.69, 9.17) is 5.73 Å². The van der Waals surface area contributed by atoms with Crippen molar-refractivity contribution in [3.8, 4) is 11.1 Å². The lowest BCUT2D eigenvalue weighted by Gasteiger charge is -2.04. The van der Waals surface area contributed by atoms with Gasteiger partial charge in [-0.15, -0.1) is 10.2 Å². The number of nitrogens with zero attached hydrogens (tertiary/aromatic N) is 4. The van der Waals surface area contributed by atoms with Gasteiger partial charge in [-0.1, -0.05) is 12.1 Å². The molecule has 0 bridgehead atoms. The maximum atomic E-state index is 11.6. The van der Waals surface area contributed by atoms with Gasteiger partial charge in [-0.25, -0.2) is 13.4 Å². The van der Waals surface area contributed by atoms with Crippen LogP contribution in [0.5, 0.6) is 0 Å². The largest absolute Gasteiger partial charge is 0.369 e. The molecule has 0 aliphatic carbocycles. The Balaban J connectivity index is 2.03. The van der Waals surface area contributed by atoms with Gasteiger partial charge in [0.05, 0.1) is 0 Å². The Labute approximate surface area is 119 Å². The number of hydrogen-bond donors (Lipinski definition) is 1. The summed E-state index contributed by atoms with van der Waals surface area (Å²) in [5.74, 6) is 0.294. The molecule has 104 valence electrons. The third-order valence-electron chi connectivity index (χ3n) is 3.34. The highest BCUT2D eigenvalue weighted by molar-refractivity contribution is 8.06. The van der Waals surface area contributed by atoms with Crippen LogP contribution in [0.3, 0.4) is 0 Å². The van der Waals surface area contributed by atoms with E-state index in [0.29, 0.717) is 22.0 Å². The molecule has 1 aromatic carbocycles. The number of benzene rings is 1. The van der Waals surface area contributed by atoms with Crippen LogP contribution in [0.4, 0.5) is 5.95 Å². The fourth-order valence-electron chi connectivity index (χ4n) is 2.38. The van der Waals surface area contributed by atoms with Crippen molar-refractivity contribution in [3.63, 3.8) is 0 Å². The smallest absolute Gasteiger partial charge is 0.207 e. The number of fused-ring (bicyclic) bond motifs is 2. The predicted octanol–water partition coefficient (Wildman–Crippen LogP) is -0.722. The molecule has 4 rings (SSSR count). The first-order chi connectivity index (χ1) is 10.0. The Morgan fingerprint density at radius 1 is 1.14 bits per heavy atom. The van der Waals surface area contributed by atoms with Crippen molar-refractivity contribution in [1.29, 1.82) is 0 Å². The van der Waals surface area contributed by atoms with Crippen molar-refractivity contribution >= 4 is 32.2 Å². The zero-order chi connectivity index (χ0) is 14.6. The van der Waals surface area contributed by atoms with Gasteiger partial charge in [0.15, 0.2) is 15.5 Å². The Bertz CT molecular complexity index is 1120. The highest BCUT2D eigenvalue weighted by atomic mass is 32.2. The second-order valence-corrected chi connectivity index (χ2v) is 6.37. The molecule has 0 radical (unpaired) electrons. The molecule has 3 aromatic rings. The summed E-state index contributed by atoms with van der Waals surface area (Å²) in [4.78, 5) is 4.10. The molecule has 0 spiro atoms. The topological polar surface area (TPSA) is 103 Å². The molecule has 0 amide bonds. The summed E-state index contributed by atoms with van der Waals surface area (Å²) in [6, 6.07) is 5.37. The maximum absolute atomic E-state index is 11.6. The third-order valence-corrected chi connectivity index (χ3v) is 4.51. The molecule has 0 atom stereocenters. The van der Waals surface area contributed by atoms with E-state index in [-0.39, 0.29) is 0 Å². The lowest BCUT2D eigenvalue weighted by molar-refractivity contribution is 0.617. The number of aromatic nitrogens is 4. The summed E-state index contributed by atoms with van der Waals surface area (Å²) in [7, 11) is -3.26. The number of rotatable bonds is 1. The SMILES string of the molecule is Nc1ncc(-c2ccc3c(c2)=CS(=O)(=O)C=3)c2nncn12. The van der Waals surface area contributed by atoms with E-state index < -0.39 is 9.84 Å². The molecular weight excluding hydrogens is 290 g/mol. The first kappa shape index (κ1) is 12.0. The van der Waals surface area contributed by atoms with E-state index in [2.05, 4.69) is 15.2 Å². The molecule has 0 saturated carbocycles. The first-order valence-electron chi connectivity index (χ1n) is 6.07. The minimum atomic E-state index is -3.26. The zero-order valence-corrected chi connectivity index (χ0v) is 11.4. The highest BCUT2D eigenvalue weighted by Gasteiger charge is 2.12. The molecule has 1 aliphatic heterocycles. The Morgan fingerprint density at radius 3 is 2.81 bits per heavy atom. The molecule has 3 heterocycles. The van der Waals surface area contributed by atoms with Crippen LogP contribution in [-0.4, -0.2) is 28.0 Å². The van der Waals surface area contributed by atoms with Crippen LogP contribution in [0.15, 0.2) is 30.7 Å². The van der Waals surface area contributed by atoms with Crippen LogP contribution in [0.1, 0.15) is 0 Å². The van der Waals surface area contributed by atoms with Gasteiger partial charge in [-0.3, -0.25) is 4.40 Å². The quantitative estimate of drug-likeness (QED) is 0.636. The van der Waals surface area contributed by atoms with Crippen molar-refractivity contribution in [1.82, 2.24) is 19.6 Å². The van der Waals surface area contributed by atoms with Crippen LogP contribution in [0, 0.1) is 0 Å². The first-order valence-corrected chi connectivity index (χ1v) is 7.68. The van der Waals surface area contributed by atoms with Crippen LogP contribution >= 0.6 is 0 Å². The van der Waals surface area contributed by atoms with Crippen LogP contribution < -0.4 is 16.2 Å². The molecule has 0 fully saturated rings. The van der Waals surface area contributed by atoms with Gasteiger partial charge in [0, 0.05) is 22.6 Å². The van der Waals surface area contributed by atoms with Crippen LogP contribution in [0.2, 0.25) is 0 Å². The molecular formula is C13H9N5O2S. The Hall–Kier alpha value is -2.74. The second kappa shape index (κ2) is 3.89. The van der Waals surface area contributed by atoms with Crippen molar-refractivity contribution < 1.29 is 8.42 Å². The highest BCUT2D eigenvalue weighted by Crippen LogP contribution is 2.22. The van der Waals surface area contributed by atoms with E-state index in [9.17, 15) is 8.42 Å². The van der Waals surface area contributed by atoms with Gasteiger partial charge in [0.1, 0.15) is 6.33 Å². The van der Waals surface area contributed by atoms with E-state index in [1.165, 1.54) is 17.1 Å². The van der Waals surface area contributed by atoms with Gasteiger partial charge >= 0.3 is 0 Å². The van der Waals surface area contributed by atoms with Gasteiger partial charge < -0.3 is 5.73 Å². The average molecular weight is 299 g/mol. The summed E-state index contributed by atoms with van der Waals surface area (Å²) in [5, 5.41) is 11.7. The number of anilines is 1. The molecule has 2 N–H and O–H groups in total. The van der Waals surface area contributed by atoms with Gasteiger partial charge in [-0.05, 0) is 22.1 Å². The van der Waals surface area contributed by atoms with Gasteiger partial charge in [0.2, 0.25) is 5.95 Å². The molecule has 8 heteroatoms. The lowest BCUT2D eigenvalue weighted by Crippen LogP contribution is -2.20. The zero-order valence-electron chi connectivity index (χ0n) is 10.6. The Kier molecular flexibility index (Phi) is 2.23. The summed E-state index contributed by atoms with van der Waals surface area (Å²) < 4.78 is 24.7. The Morgan fingerprint density at radius 2 is 1.95 bits per heavy atom. The monoisotopic (exact) mass is 299 g/mol. The molecule has 0 saturated heterocycles. The van der Waals surface area contributed by atoms with Crippen LogP contribution in [-0.2, 0) is 9.84 Å². The fourth-order valence-corrected chi connectivity index (χ4v) is 3.57. The van der Waals surface area contributed by atoms with E-state index in [1.807, 2.05) is 6.07 Å². The molecule has 1 aliphatic rings. The summed E-state index contributed by atoms with van der Waals surface area (Å²) in [6.07, 6.45) is 3.09. The van der Waals surface area contributed by atoms with Gasteiger partial charge in [0.25, 0.3) is 0 Å². The average Bonchev–Trinajstić information content (AvgIpc) is 3.01. The second-order valence-electron chi connectivity index (χ2n) is 4.72. The lowest BCUT2D eigenvalue weighted by atomic mass is 10.1. The number of nitrogen functional groups attached to an aromatic ring is 1. The molecule has 7 nitrogen and oxygen atoms in total.